The van der Waals surface area contributed by atoms with Crippen molar-refractivity contribution in [2.24, 2.45) is 5.84 Å². The summed E-state index contributed by atoms with van der Waals surface area (Å²) in [6.07, 6.45) is 0. The number of hydrogen-bond acceptors (Lipinski definition) is 2. The molecular formula is C6H5BrF2N2. The van der Waals surface area contributed by atoms with Gasteiger partial charge in [-0.3, -0.25) is 5.84 Å². The molecule has 0 fully saturated rings. The van der Waals surface area contributed by atoms with Gasteiger partial charge < -0.3 is 5.43 Å². The van der Waals surface area contributed by atoms with Crippen LogP contribution in [0.3, 0.4) is 0 Å². The van der Waals surface area contributed by atoms with Gasteiger partial charge >= 0.3 is 0 Å². The molecule has 1 aromatic carbocycles. The normalized spacial score (nSPS) is 9.82. The van der Waals surface area contributed by atoms with Crippen LogP contribution in [0.2, 0.25) is 0 Å². The molecule has 0 spiro atoms. The highest BCUT2D eigenvalue weighted by molar-refractivity contribution is 9.10. The zero-order valence-electron chi connectivity index (χ0n) is 5.37. The summed E-state index contributed by atoms with van der Waals surface area (Å²) in [6.45, 7) is 0. The van der Waals surface area contributed by atoms with E-state index in [0.717, 1.165) is 6.07 Å². The molecule has 11 heavy (non-hydrogen) atoms. The van der Waals surface area contributed by atoms with E-state index in [-0.39, 0.29) is 10.2 Å². The third-order valence-electron chi connectivity index (χ3n) is 1.19. The molecule has 1 aromatic rings. The Labute approximate surface area is 70.5 Å². The summed E-state index contributed by atoms with van der Waals surface area (Å²) in [6, 6.07) is 2.33. The average molecular weight is 223 g/mol. The van der Waals surface area contributed by atoms with Gasteiger partial charge in [0.2, 0.25) is 0 Å². The average Bonchev–Trinajstić information content (AvgIpc) is 2.01. The molecule has 0 unspecified atom stereocenters. The Morgan fingerprint density at radius 1 is 1.36 bits per heavy atom. The fourth-order valence-electron chi connectivity index (χ4n) is 0.637. The Morgan fingerprint density at radius 3 is 2.55 bits per heavy atom. The van der Waals surface area contributed by atoms with Crippen LogP contribution in [0.15, 0.2) is 16.6 Å². The number of nitrogens with one attached hydrogen (secondary N) is 1. The van der Waals surface area contributed by atoms with Crippen molar-refractivity contribution in [3.8, 4) is 0 Å². The minimum atomic E-state index is -0.729. The van der Waals surface area contributed by atoms with Crippen LogP contribution in [-0.4, -0.2) is 0 Å². The van der Waals surface area contributed by atoms with Crippen molar-refractivity contribution >= 4 is 21.6 Å². The number of halogens is 3. The SMILES string of the molecule is NNc1ccc(F)c(Br)c1F. The van der Waals surface area contributed by atoms with Gasteiger partial charge in [0, 0.05) is 0 Å². The van der Waals surface area contributed by atoms with Crippen molar-refractivity contribution < 1.29 is 8.78 Å². The summed E-state index contributed by atoms with van der Waals surface area (Å²) >= 11 is 2.73. The van der Waals surface area contributed by atoms with E-state index >= 15 is 0 Å². The molecule has 0 amide bonds. The topological polar surface area (TPSA) is 38.0 Å². The number of anilines is 1. The lowest BCUT2D eigenvalue weighted by Gasteiger charge is -2.02. The molecule has 0 aliphatic rings. The number of hydrogen-bond donors (Lipinski definition) is 2. The lowest BCUT2D eigenvalue weighted by atomic mass is 10.3. The summed E-state index contributed by atoms with van der Waals surface area (Å²) < 4.78 is 25.2. The largest absolute Gasteiger partial charge is 0.321 e. The summed E-state index contributed by atoms with van der Waals surface area (Å²) in [4.78, 5) is 0. The van der Waals surface area contributed by atoms with Gasteiger partial charge in [0.1, 0.15) is 5.82 Å². The fourth-order valence-corrected chi connectivity index (χ4v) is 0.983. The van der Waals surface area contributed by atoms with Crippen LogP contribution in [0, 0.1) is 11.6 Å². The number of nitrogen functional groups attached to an aromatic ring is 1. The predicted octanol–water partition coefficient (Wildman–Crippen LogP) is 2.01. The highest BCUT2D eigenvalue weighted by atomic mass is 79.9. The van der Waals surface area contributed by atoms with Crippen LogP contribution in [0.25, 0.3) is 0 Å². The van der Waals surface area contributed by atoms with E-state index in [4.69, 9.17) is 5.84 Å². The Bertz CT molecular complexity index is 278. The zero-order chi connectivity index (χ0) is 8.43. The third-order valence-corrected chi connectivity index (χ3v) is 1.92. The molecule has 0 aliphatic heterocycles. The van der Waals surface area contributed by atoms with Crippen LogP contribution in [0.5, 0.6) is 0 Å². The van der Waals surface area contributed by atoms with Crippen molar-refractivity contribution in [2.75, 3.05) is 5.43 Å². The first-order chi connectivity index (χ1) is 5.16. The van der Waals surface area contributed by atoms with Crippen molar-refractivity contribution in [1.82, 2.24) is 0 Å². The lowest BCUT2D eigenvalue weighted by molar-refractivity contribution is 0.574. The van der Waals surface area contributed by atoms with Gasteiger partial charge in [0.05, 0.1) is 10.2 Å². The van der Waals surface area contributed by atoms with Gasteiger partial charge in [-0.1, -0.05) is 0 Å². The zero-order valence-corrected chi connectivity index (χ0v) is 6.95. The summed E-state index contributed by atoms with van der Waals surface area (Å²) in [5.41, 5.74) is 2.15. The molecule has 0 saturated carbocycles. The molecule has 1 rings (SSSR count). The highest BCUT2D eigenvalue weighted by Gasteiger charge is 2.09. The van der Waals surface area contributed by atoms with Gasteiger partial charge in [0.15, 0.2) is 5.82 Å². The van der Waals surface area contributed by atoms with E-state index in [9.17, 15) is 8.78 Å². The van der Waals surface area contributed by atoms with E-state index in [1.807, 2.05) is 0 Å². The Morgan fingerprint density at radius 2 is 2.00 bits per heavy atom. The van der Waals surface area contributed by atoms with Crippen molar-refractivity contribution in [3.63, 3.8) is 0 Å². The van der Waals surface area contributed by atoms with Crippen molar-refractivity contribution in [3.05, 3.63) is 28.2 Å². The Balaban J connectivity index is 3.25. The molecule has 0 aliphatic carbocycles. The standard InChI is InChI=1S/C6H5BrF2N2/c7-5-3(8)1-2-4(11-10)6(5)9/h1-2,11H,10H2. The van der Waals surface area contributed by atoms with Crippen molar-refractivity contribution in [2.45, 2.75) is 0 Å². The lowest BCUT2D eigenvalue weighted by Crippen LogP contribution is -2.09. The number of benzene rings is 1. The number of rotatable bonds is 1. The molecule has 0 aromatic heterocycles. The molecule has 0 bridgehead atoms. The van der Waals surface area contributed by atoms with Gasteiger partial charge in [-0.2, -0.15) is 0 Å². The first-order valence-electron chi connectivity index (χ1n) is 2.77. The molecule has 0 saturated heterocycles. The third kappa shape index (κ3) is 1.49. The van der Waals surface area contributed by atoms with Gasteiger partial charge in [-0.05, 0) is 28.1 Å². The first-order valence-corrected chi connectivity index (χ1v) is 3.56. The molecule has 3 N–H and O–H groups in total. The van der Waals surface area contributed by atoms with Gasteiger partial charge in [0.25, 0.3) is 0 Å². The van der Waals surface area contributed by atoms with Crippen molar-refractivity contribution in [1.29, 1.82) is 0 Å². The minimum absolute atomic E-state index is 0.0540. The maximum atomic E-state index is 12.8. The molecule has 2 nitrogen and oxygen atoms in total. The second-order valence-corrected chi connectivity index (χ2v) is 2.66. The van der Waals surface area contributed by atoms with E-state index in [1.165, 1.54) is 6.07 Å². The molecular weight excluding hydrogens is 218 g/mol. The highest BCUT2D eigenvalue weighted by Crippen LogP contribution is 2.24. The molecule has 0 radical (unpaired) electrons. The number of hydrazine groups is 1. The fraction of sp³-hybridized carbons (Fsp3) is 0. The second kappa shape index (κ2) is 3.15. The second-order valence-electron chi connectivity index (χ2n) is 1.87. The van der Waals surface area contributed by atoms with Crippen LogP contribution in [0.1, 0.15) is 0 Å². The predicted molar refractivity (Wildman–Crippen MR) is 41.9 cm³/mol. The monoisotopic (exact) mass is 222 g/mol. The van der Waals surface area contributed by atoms with E-state index in [2.05, 4.69) is 21.4 Å². The smallest absolute Gasteiger partial charge is 0.164 e. The quantitative estimate of drug-likeness (QED) is 0.434. The van der Waals surface area contributed by atoms with Gasteiger partial charge in [-0.15, -0.1) is 0 Å². The van der Waals surface area contributed by atoms with E-state index in [0.29, 0.717) is 0 Å². The Kier molecular flexibility index (Phi) is 2.41. The molecule has 60 valence electrons. The van der Waals surface area contributed by atoms with Crippen LogP contribution in [0.4, 0.5) is 14.5 Å². The summed E-state index contributed by atoms with van der Waals surface area (Å²) in [5, 5.41) is 0. The van der Waals surface area contributed by atoms with Gasteiger partial charge in [-0.25, -0.2) is 8.78 Å². The molecule has 5 heteroatoms. The van der Waals surface area contributed by atoms with Crippen LogP contribution >= 0.6 is 15.9 Å². The Hall–Kier alpha value is -0.680. The molecule has 0 heterocycles. The molecule has 0 atom stereocenters. The maximum Gasteiger partial charge on any atom is 0.164 e. The minimum Gasteiger partial charge on any atom is -0.321 e. The maximum absolute atomic E-state index is 12.8. The summed E-state index contributed by atoms with van der Waals surface area (Å²) in [5.74, 6) is 3.56. The van der Waals surface area contributed by atoms with E-state index < -0.39 is 11.6 Å². The number of nitrogens with two attached hydrogens (primary N) is 1. The van der Waals surface area contributed by atoms with E-state index in [1.54, 1.807) is 0 Å². The summed E-state index contributed by atoms with van der Waals surface area (Å²) in [7, 11) is 0. The first kappa shape index (κ1) is 8.42. The van der Waals surface area contributed by atoms with Crippen LogP contribution < -0.4 is 11.3 Å². The van der Waals surface area contributed by atoms with Crippen LogP contribution in [-0.2, 0) is 0 Å².